The minimum atomic E-state index is -0.509. The van der Waals surface area contributed by atoms with Gasteiger partial charge < -0.3 is 16.8 Å². The smallest absolute Gasteiger partial charge is 0.248 e. The van der Waals surface area contributed by atoms with Crippen molar-refractivity contribution in [2.75, 3.05) is 11.9 Å². The van der Waals surface area contributed by atoms with Gasteiger partial charge in [-0.1, -0.05) is 19.9 Å². The lowest BCUT2D eigenvalue weighted by molar-refractivity contribution is -0.116. The number of carbonyl (C=O) groups excluding carboxylic acids is 2. The quantitative estimate of drug-likeness (QED) is 0.709. The van der Waals surface area contributed by atoms with E-state index >= 15 is 0 Å². The summed E-state index contributed by atoms with van der Waals surface area (Å²) in [5.41, 5.74) is 11.8. The number of hydrogen-bond acceptors (Lipinski definition) is 3. The van der Waals surface area contributed by atoms with Crippen molar-refractivity contribution in [1.82, 2.24) is 0 Å². The zero-order valence-electron chi connectivity index (χ0n) is 12.1. The van der Waals surface area contributed by atoms with E-state index in [1.807, 2.05) is 0 Å². The monoisotopic (exact) mass is 277 g/mol. The maximum Gasteiger partial charge on any atom is 0.248 e. The molecular formula is C15H23N3O2. The number of rotatable bonds is 7. The van der Waals surface area contributed by atoms with E-state index in [4.69, 9.17) is 11.5 Å². The van der Waals surface area contributed by atoms with Gasteiger partial charge >= 0.3 is 0 Å². The first-order valence-electron chi connectivity index (χ1n) is 6.74. The summed E-state index contributed by atoms with van der Waals surface area (Å²) in [7, 11) is 0. The van der Waals surface area contributed by atoms with Crippen LogP contribution < -0.4 is 16.8 Å². The molecular weight excluding hydrogens is 254 g/mol. The van der Waals surface area contributed by atoms with E-state index in [1.54, 1.807) is 24.3 Å². The Hall–Kier alpha value is -1.88. The molecule has 0 spiro atoms. The number of carbonyl (C=O) groups is 2. The van der Waals surface area contributed by atoms with Crippen LogP contribution in [-0.4, -0.2) is 18.4 Å². The van der Waals surface area contributed by atoms with Crippen LogP contribution in [0.25, 0.3) is 0 Å². The molecule has 110 valence electrons. The van der Waals surface area contributed by atoms with Crippen molar-refractivity contribution in [3.63, 3.8) is 0 Å². The molecule has 5 N–H and O–H groups in total. The molecule has 2 amide bonds. The summed E-state index contributed by atoms with van der Waals surface area (Å²) < 4.78 is 0. The standard InChI is InChI=1S/C15H23N3O2/c1-15(2,8-9-16)7-6-13(19)18-12-5-3-4-11(10-12)14(17)20/h3-5,10H,6-9,16H2,1-2H3,(H2,17,20)(H,18,19). The van der Waals surface area contributed by atoms with Crippen LogP contribution in [-0.2, 0) is 4.79 Å². The van der Waals surface area contributed by atoms with Crippen LogP contribution in [0.2, 0.25) is 0 Å². The molecule has 0 aliphatic carbocycles. The Balaban J connectivity index is 2.54. The molecule has 0 bridgehead atoms. The summed E-state index contributed by atoms with van der Waals surface area (Å²) >= 11 is 0. The number of benzene rings is 1. The molecule has 20 heavy (non-hydrogen) atoms. The molecule has 0 aliphatic heterocycles. The Labute approximate surface area is 119 Å². The minimum Gasteiger partial charge on any atom is -0.366 e. The fourth-order valence-corrected chi connectivity index (χ4v) is 1.94. The number of nitrogens with one attached hydrogen (secondary N) is 1. The topological polar surface area (TPSA) is 98.2 Å². The number of anilines is 1. The minimum absolute atomic E-state index is 0.0567. The zero-order chi connectivity index (χ0) is 15.2. The Morgan fingerprint density at radius 2 is 1.95 bits per heavy atom. The maximum absolute atomic E-state index is 11.9. The molecule has 0 aliphatic rings. The normalized spacial score (nSPS) is 11.2. The lowest BCUT2D eigenvalue weighted by Gasteiger charge is -2.23. The summed E-state index contributed by atoms with van der Waals surface area (Å²) in [6.45, 7) is 4.82. The Morgan fingerprint density at radius 3 is 2.55 bits per heavy atom. The average molecular weight is 277 g/mol. The molecule has 1 aromatic rings. The van der Waals surface area contributed by atoms with Crippen molar-refractivity contribution in [1.29, 1.82) is 0 Å². The molecule has 0 heterocycles. The van der Waals surface area contributed by atoms with Gasteiger partial charge in [-0.15, -0.1) is 0 Å². The largest absolute Gasteiger partial charge is 0.366 e. The third-order valence-corrected chi connectivity index (χ3v) is 3.28. The second-order valence-corrected chi connectivity index (χ2v) is 5.70. The van der Waals surface area contributed by atoms with E-state index in [9.17, 15) is 9.59 Å². The highest BCUT2D eigenvalue weighted by molar-refractivity contribution is 5.96. The Bertz CT molecular complexity index is 484. The average Bonchev–Trinajstić information content (AvgIpc) is 2.37. The molecule has 5 heteroatoms. The van der Waals surface area contributed by atoms with Gasteiger partial charge in [0.2, 0.25) is 11.8 Å². The third-order valence-electron chi connectivity index (χ3n) is 3.28. The maximum atomic E-state index is 11.9. The predicted molar refractivity (Wildman–Crippen MR) is 80.3 cm³/mol. The van der Waals surface area contributed by atoms with Crippen LogP contribution in [0, 0.1) is 5.41 Å². The summed E-state index contributed by atoms with van der Waals surface area (Å²) in [6.07, 6.45) is 2.08. The van der Waals surface area contributed by atoms with Crippen molar-refractivity contribution in [3.8, 4) is 0 Å². The van der Waals surface area contributed by atoms with Gasteiger partial charge in [0.15, 0.2) is 0 Å². The highest BCUT2D eigenvalue weighted by atomic mass is 16.2. The highest BCUT2D eigenvalue weighted by Gasteiger charge is 2.18. The first-order valence-corrected chi connectivity index (χ1v) is 6.74. The summed E-state index contributed by atoms with van der Waals surface area (Å²) in [5.74, 6) is -0.582. The highest BCUT2D eigenvalue weighted by Crippen LogP contribution is 2.26. The third kappa shape index (κ3) is 5.40. The van der Waals surface area contributed by atoms with Crippen molar-refractivity contribution < 1.29 is 9.59 Å². The van der Waals surface area contributed by atoms with Gasteiger partial charge in [-0.2, -0.15) is 0 Å². The van der Waals surface area contributed by atoms with Crippen molar-refractivity contribution in [3.05, 3.63) is 29.8 Å². The van der Waals surface area contributed by atoms with Crippen molar-refractivity contribution in [2.45, 2.75) is 33.1 Å². The second kappa shape index (κ2) is 7.05. The van der Waals surface area contributed by atoms with Crippen LogP contribution in [0.5, 0.6) is 0 Å². The number of hydrogen-bond donors (Lipinski definition) is 3. The molecule has 0 saturated heterocycles. The van der Waals surface area contributed by atoms with E-state index < -0.39 is 5.91 Å². The lowest BCUT2D eigenvalue weighted by atomic mass is 9.84. The van der Waals surface area contributed by atoms with Crippen LogP contribution in [0.15, 0.2) is 24.3 Å². The van der Waals surface area contributed by atoms with Gasteiger partial charge in [-0.25, -0.2) is 0 Å². The molecule has 1 rings (SSSR count). The summed E-state index contributed by atoms with van der Waals surface area (Å²) in [6, 6.07) is 6.61. The molecule has 1 aromatic carbocycles. The van der Waals surface area contributed by atoms with Crippen LogP contribution in [0.3, 0.4) is 0 Å². The molecule has 5 nitrogen and oxygen atoms in total. The molecule has 0 unspecified atom stereocenters. The SMILES string of the molecule is CC(C)(CCN)CCC(=O)Nc1cccc(C(N)=O)c1. The van der Waals surface area contributed by atoms with E-state index in [1.165, 1.54) is 0 Å². The number of amides is 2. The summed E-state index contributed by atoms with van der Waals surface area (Å²) in [4.78, 5) is 23.0. The number of nitrogens with two attached hydrogens (primary N) is 2. The zero-order valence-corrected chi connectivity index (χ0v) is 12.1. The first kappa shape index (κ1) is 16.2. The van der Waals surface area contributed by atoms with Gasteiger partial charge in [-0.3, -0.25) is 9.59 Å². The molecule has 0 saturated carbocycles. The molecule has 0 radical (unpaired) electrons. The Morgan fingerprint density at radius 1 is 1.25 bits per heavy atom. The van der Waals surface area contributed by atoms with Gasteiger partial charge in [-0.05, 0) is 43.0 Å². The van der Waals surface area contributed by atoms with E-state index in [2.05, 4.69) is 19.2 Å². The predicted octanol–water partition coefficient (Wildman–Crippen LogP) is 1.88. The molecule has 0 aromatic heterocycles. The van der Waals surface area contributed by atoms with E-state index in [0.717, 1.165) is 12.8 Å². The molecule has 0 atom stereocenters. The van der Waals surface area contributed by atoms with Crippen molar-refractivity contribution in [2.24, 2.45) is 16.9 Å². The van der Waals surface area contributed by atoms with Crippen LogP contribution in [0.4, 0.5) is 5.69 Å². The van der Waals surface area contributed by atoms with Gasteiger partial charge in [0.05, 0.1) is 0 Å². The molecule has 0 fully saturated rings. The first-order chi connectivity index (χ1) is 9.34. The van der Waals surface area contributed by atoms with Gasteiger partial charge in [0.25, 0.3) is 0 Å². The second-order valence-electron chi connectivity index (χ2n) is 5.70. The van der Waals surface area contributed by atoms with Crippen LogP contribution in [0.1, 0.15) is 43.5 Å². The van der Waals surface area contributed by atoms with E-state index in [-0.39, 0.29) is 11.3 Å². The summed E-state index contributed by atoms with van der Waals surface area (Å²) in [5, 5.41) is 2.77. The number of primary amides is 1. The Kier molecular flexibility index (Phi) is 5.70. The fourth-order valence-electron chi connectivity index (χ4n) is 1.94. The fraction of sp³-hybridized carbons (Fsp3) is 0.467. The van der Waals surface area contributed by atoms with Gasteiger partial charge in [0, 0.05) is 17.7 Å². The lowest BCUT2D eigenvalue weighted by Crippen LogP contribution is -2.20. The van der Waals surface area contributed by atoms with Crippen LogP contribution >= 0.6 is 0 Å². The van der Waals surface area contributed by atoms with Crippen molar-refractivity contribution >= 4 is 17.5 Å². The van der Waals surface area contributed by atoms with E-state index in [0.29, 0.717) is 24.2 Å². The van der Waals surface area contributed by atoms with Gasteiger partial charge in [0.1, 0.15) is 0 Å².